The van der Waals surface area contributed by atoms with E-state index in [-0.39, 0.29) is 9.88 Å². The van der Waals surface area contributed by atoms with Crippen molar-refractivity contribution in [2.75, 3.05) is 13.1 Å². The van der Waals surface area contributed by atoms with Crippen LogP contribution in [0.5, 0.6) is 0 Å². The molecule has 1 saturated heterocycles. The molecule has 3 N–H and O–H groups in total. The molecule has 6 nitrogen and oxygen atoms in total. The number of nitrogens with zero attached hydrogens (tertiary/aromatic N) is 2. The molecular weight excluding hydrogens is 298 g/mol. The number of nitrogens with two attached hydrogens (primary N) is 1. The molecule has 0 radical (unpaired) electrons. The Balaban J connectivity index is 2.20. The maximum absolute atomic E-state index is 12.4. The highest BCUT2D eigenvalue weighted by molar-refractivity contribution is 7.89. The molecule has 110 valence electrons. The van der Waals surface area contributed by atoms with Gasteiger partial charge in [0, 0.05) is 19.3 Å². The van der Waals surface area contributed by atoms with Crippen molar-refractivity contribution in [3.63, 3.8) is 0 Å². The van der Waals surface area contributed by atoms with Crippen LogP contribution < -0.4 is 5.73 Å². The molecule has 8 heteroatoms. The van der Waals surface area contributed by atoms with E-state index in [1.54, 1.807) is 6.92 Å². The third kappa shape index (κ3) is 3.14. The van der Waals surface area contributed by atoms with Crippen LogP contribution in [0, 0.1) is 0 Å². The largest absolute Gasteiger partial charge is 0.390 e. The number of sulfonamides is 1. The van der Waals surface area contributed by atoms with Crippen LogP contribution in [-0.4, -0.2) is 46.5 Å². The highest BCUT2D eigenvalue weighted by atomic mass is 32.2. The van der Waals surface area contributed by atoms with Gasteiger partial charge in [-0.15, -0.1) is 0 Å². The molecule has 1 aliphatic rings. The summed E-state index contributed by atoms with van der Waals surface area (Å²) in [5, 5.41) is 9.86. The number of piperidine rings is 1. The first-order valence-electron chi connectivity index (χ1n) is 6.21. The highest BCUT2D eigenvalue weighted by Gasteiger charge is 2.34. The van der Waals surface area contributed by atoms with E-state index in [4.69, 9.17) is 18.0 Å². The molecule has 0 unspecified atom stereocenters. The quantitative estimate of drug-likeness (QED) is 0.776. The molecule has 0 spiro atoms. The zero-order valence-corrected chi connectivity index (χ0v) is 12.7. The third-order valence-corrected chi connectivity index (χ3v) is 5.52. The first-order valence-corrected chi connectivity index (χ1v) is 8.06. The zero-order chi connectivity index (χ0) is 15.0. The van der Waals surface area contributed by atoms with Crippen LogP contribution in [0.2, 0.25) is 0 Å². The van der Waals surface area contributed by atoms with Gasteiger partial charge in [-0.2, -0.15) is 4.31 Å². The average molecular weight is 315 g/mol. The van der Waals surface area contributed by atoms with Crippen molar-refractivity contribution in [1.29, 1.82) is 0 Å². The molecule has 2 rings (SSSR count). The SMILES string of the molecule is CC1(O)CCN(S(=O)(=O)c2ccc(C(N)=S)nc2)CC1. The molecule has 0 aromatic carbocycles. The monoisotopic (exact) mass is 315 g/mol. The Morgan fingerprint density at radius 3 is 2.50 bits per heavy atom. The van der Waals surface area contributed by atoms with E-state index in [1.807, 2.05) is 0 Å². The lowest BCUT2D eigenvalue weighted by Crippen LogP contribution is -2.45. The van der Waals surface area contributed by atoms with Gasteiger partial charge in [0.15, 0.2) is 0 Å². The smallest absolute Gasteiger partial charge is 0.244 e. The van der Waals surface area contributed by atoms with Crippen LogP contribution in [0.15, 0.2) is 23.2 Å². The van der Waals surface area contributed by atoms with Gasteiger partial charge in [0.2, 0.25) is 10.0 Å². The second-order valence-electron chi connectivity index (χ2n) is 5.14. The Morgan fingerprint density at radius 1 is 1.45 bits per heavy atom. The maximum atomic E-state index is 12.4. The van der Waals surface area contributed by atoms with E-state index in [0.717, 1.165) is 0 Å². The fraction of sp³-hybridized carbons (Fsp3) is 0.500. The molecule has 0 atom stereocenters. The average Bonchev–Trinajstić information content (AvgIpc) is 2.38. The van der Waals surface area contributed by atoms with E-state index in [2.05, 4.69) is 4.98 Å². The third-order valence-electron chi connectivity index (χ3n) is 3.43. The number of aliphatic hydroxyl groups is 1. The maximum Gasteiger partial charge on any atom is 0.244 e. The lowest BCUT2D eigenvalue weighted by Gasteiger charge is -2.34. The normalized spacial score (nSPS) is 19.7. The van der Waals surface area contributed by atoms with Crippen molar-refractivity contribution < 1.29 is 13.5 Å². The van der Waals surface area contributed by atoms with Crippen molar-refractivity contribution in [2.45, 2.75) is 30.3 Å². The van der Waals surface area contributed by atoms with Crippen molar-refractivity contribution in [1.82, 2.24) is 9.29 Å². The zero-order valence-electron chi connectivity index (χ0n) is 11.1. The summed E-state index contributed by atoms with van der Waals surface area (Å²) >= 11 is 4.78. The second-order valence-corrected chi connectivity index (χ2v) is 7.52. The van der Waals surface area contributed by atoms with Gasteiger partial charge in [-0.25, -0.2) is 8.42 Å². The minimum atomic E-state index is -3.58. The first-order chi connectivity index (χ1) is 9.22. The van der Waals surface area contributed by atoms with Gasteiger partial charge in [0.25, 0.3) is 0 Å². The van der Waals surface area contributed by atoms with Gasteiger partial charge in [-0.3, -0.25) is 4.98 Å². The van der Waals surface area contributed by atoms with Crippen LogP contribution >= 0.6 is 12.2 Å². The van der Waals surface area contributed by atoms with Gasteiger partial charge < -0.3 is 10.8 Å². The molecule has 1 aromatic heterocycles. The molecule has 0 bridgehead atoms. The van der Waals surface area contributed by atoms with E-state index in [9.17, 15) is 13.5 Å². The summed E-state index contributed by atoms with van der Waals surface area (Å²) in [5.41, 5.74) is 5.02. The predicted molar refractivity (Wildman–Crippen MR) is 78.7 cm³/mol. The molecule has 0 aliphatic carbocycles. The van der Waals surface area contributed by atoms with E-state index < -0.39 is 15.6 Å². The minimum Gasteiger partial charge on any atom is -0.390 e. The predicted octanol–water partition coefficient (Wildman–Crippen LogP) is 0.251. The summed E-state index contributed by atoms with van der Waals surface area (Å²) in [6.45, 7) is 2.31. The Kier molecular flexibility index (Phi) is 4.10. The Bertz CT molecular complexity index is 601. The standard InChI is InChI=1S/C12H17N3O3S2/c1-12(16)4-6-15(7-5-12)20(17,18)9-2-3-10(11(13)19)14-8-9/h2-3,8,16H,4-7H2,1H3,(H2,13,19). The van der Waals surface area contributed by atoms with Gasteiger partial charge in [-0.1, -0.05) is 12.2 Å². The molecule has 0 amide bonds. The molecule has 1 aromatic rings. The van der Waals surface area contributed by atoms with Crippen LogP contribution in [-0.2, 0) is 10.0 Å². The van der Waals surface area contributed by atoms with Crippen molar-refractivity contribution in [3.05, 3.63) is 24.0 Å². The Morgan fingerprint density at radius 2 is 2.05 bits per heavy atom. The number of thiocarbonyl (C=S) groups is 1. The summed E-state index contributed by atoms with van der Waals surface area (Å²) in [6.07, 6.45) is 2.10. The summed E-state index contributed by atoms with van der Waals surface area (Å²) in [5.74, 6) is 0. The van der Waals surface area contributed by atoms with Crippen LogP contribution in [0.4, 0.5) is 0 Å². The Labute approximate surface area is 123 Å². The summed E-state index contributed by atoms with van der Waals surface area (Å²) < 4.78 is 26.2. The molecule has 1 fully saturated rings. The lowest BCUT2D eigenvalue weighted by molar-refractivity contribution is 0.0126. The van der Waals surface area contributed by atoms with Gasteiger partial charge >= 0.3 is 0 Å². The lowest BCUT2D eigenvalue weighted by atomic mass is 9.95. The van der Waals surface area contributed by atoms with Crippen molar-refractivity contribution in [3.8, 4) is 0 Å². The van der Waals surface area contributed by atoms with E-state index >= 15 is 0 Å². The highest BCUT2D eigenvalue weighted by Crippen LogP contribution is 2.25. The molecule has 2 heterocycles. The van der Waals surface area contributed by atoms with Gasteiger partial charge in [0.05, 0.1) is 11.3 Å². The second kappa shape index (κ2) is 5.36. The number of pyridine rings is 1. The fourth-order valence-electron chi connectivity index (χ4n) is 2.04. The van der Waals surface area contributed by atoms with E-state index in [0.29, 0.717) is 31.6 Å². The van der Waals surface area contributed by atoms with Crippen LogP contribution in [0.25, 0.3) is 0 Å². The van der Waals surface area contributed by atoms with E-state index in [1.165, 1.54) is 22.6 Å². The molecule has 20 heavy (non-hydrogen) atoms. The fourth-order valence-corrected chi connectivity index (χ4v) is 3.54. The topological polar surface area (TPSA) is 96.5 Å². The van der Waals surface area contributed by atoms with Crippen molar-refractivity contribution >= 4 is 27.2 Å². The van der Waals surface area contributed by atoms with Crippen LogP contribution in [0.3, 0.4) is 0 Å². The van der Waals surface area contributed by atoms with Crippen LogP contribution in [0.1, 0.15) is 25.5 Å². The van der Waals surface area contributed by atoms with Gasteiger partial charge in [-0.05, 0) is 31.9 Å². The number of hydrogen-bond acceptors (Lipinski definition) is 5. The molecule has 1 aliphatic heterocycles. The molecule has 0 saturated carbocycles. The number of aromatic nitrogens is 1. The summed E-state index contributed by atoms with van der Waals surface area (Å²) in [7, 11) is -3.58. The minimum absolute atomic E-state index is 0.110. The summed E-state index contributed by atoms with van der Waals surface area (Å²) in [6, 6.07) is 2.94. The van der Waals surface area contributed by atoms with Crippen molar-refractivity contribution in [2.24, 2.45) is 5.73 Å². The summed E-state index contributed by atoms with van der Waals surface area (Å²) in [4.78, 5) is 4.18. The number of rotatable bonds is 3. The molecular formula is C12H17N3O3S2. The Hall–Kier alpha value is -1.09. The number of hydrogen-bond donors (Lipinski definition) is 2. The van der Waals surface area contributed by atoms with Gasteiger partial charge in [0.1, 0.15) is 9.88 Å². The first kappa shape index (κ1) is 15.3.